The van der Waals surface area contributed by atoms with Crippen LogP contribution in [-0.4, -0.2) is 11.0 Å². The maximum absolute atomic E-state index is 13.5. The van der Waals surface area contributed by atoms with Crippen molar-refractivity contribution in [3.05, 3.63) is 53.6 Å². The molecule has 1 heterocycles. The van der Waals surface area contributed by atoms with E-state index in [2.05, 4.69) is 10.3 Å². The monoisotopic (exact) mass is 277 g/mol. The highest BCUT2D eigenvalue weighted by Crippen LogP contribution is 2.18. The second-order valence-electron chi connectivity index (χ2n) is 4.76. The minimum Gasteiger partial charge on any atom is -0.381 e. The third-order valence-corrected chi connectivity index (χ3v) is 3.05. The van der Waals surface area contributed by atoms with Gasteiger partial charge in [0, 0.05) is 12.1 Å². The van der Waals surface area contributed by atoms with E-state index in [0.29, 0.717) is 0 Å². The van der Waals surface area contributed by atoms with Crippen molar-refractivity contribution in [3.63, 3.8) is 0 Å². The first kappa shape index (κ1) is 14.2. The van der Waals surface area contributed by atoms with Crippen LogP contribution in [0.4, 0.5) is 20.4 Å². The third-order valence-electron chi connectivity index (χ3n) is 3.05. The van der Waals surface area contributed by atoms with Crippen LogP contribution in [0.5, 0.6) is 0 Å². The van der Waals surface area contributed by atoms with Gasteiger partial charge in [0.2, 0.25) is 0 Å². The number of pyridine rings is 1. The van der Waals surface area contributed by atoms with E-state index in [4.69, 9.17) is 5.73 Å². The molecule has 0 fully saturated rings. The van der Waals surface area contributed by atoms with Crippen molar-refractivity contribution in [2.45, 2.75) is 25.8 Å². The van der Waals surface area contributed by atoms with E-state index in [1.807, 2.05) is 37.3 Å². The Morgan fingerprint density at radius 3 is 2.60 bits per heavy atom. The molecule has 0 radical (unpaired) electrons. The smallest absolute Gasteiger partial charge is 0.168 e. The number of hydrogen-bond donors (Lipinski definition) is 2. The minimum atomic E-state index is -0.843. The number of benzene rings is 1. The SMILES string of the molecule is CC(CCc1ccccc1)Nc1nc(N)c(F)cc1F. The molecular formula is C15H17F2N3. The zero-order valence-electron chi connectivity index (χ0n) is 11.2. The summed E-state index contributed by atoms with van der Waals surface area (Å²) in [6, 6.07) is 10.8. The van der Waals surface area contributed by atoms with Gasteiger partial charge in [-0.2, -0.15) is 0 Å². The van der Waals surface area contributed by atoms with E-state index in [1.165, 1.54) is 5.56 Å². The maximum Gasteiger partial charge on any atom is 0.168 e. The largest absolute Gasteiger partial charge is 0.381 e. The van der Waals surface area contributed by atoms with Gasteiger partial charge in [0.05, 0.1) is 0 Å². The summed E-state index contributed by atoms with van der Waals surface area (Å²) in [7, 11) is 0. The van der Waals surface area contributed by atoms with Crippen LogP contribution in [-0.2, 0) is 6.42 Å². The van der Waals surface area contributed by atoms with Crippen LogP contribution >= 0.6 is 0 Å². The Kier molecular flexibility index (Phi) is 4.50. The molecule has 1 aromatic heterocycles. The van der Waals surface area contributed by atoms with Gasteiger partial charge in [-0.25, -0.2) is 13.8 Å². The highest BCUT2D eigenvalue weighted by Gasteiger charge is 2.12. The van der Waals surface area contributed by atoms with Crippen molar-refractivity contribution in [1.82, 2.24) is 4.98 Å². The second kappa shape index (κ2) is 6.32. The van der Waals surface area contributed by atoms with E-state index in [1.54, 1.807) is 0 Å². The zero-order chi connectivity index (χ0) is 14.5. The van der Waals surface area contributed by atoms with Crippen LogP contribution in [0, 0.1) is 11.6 Å². The van der Waals surface area contributed by atoms with Crippen LogP contribution in [0.2, 0.25) is 0 Å². The number of halogens is 2. The first-order valence-corrected chi connectivity index (χ1v) is 6.48. The van der Waals surface area contributed by atoms with Gasteiger partial charge in [-0.05, 0) is 25.3 Å². The molecule has 2 rings (SSSR count). The molecule has 0 amide bonds. The fourth-order valence-electron chi connectivity index (χ4n) is 1.92. The lowest BCUT2D eigenvalue weighted by Crippen LogP contribution is -2.18. The molecule has 3 nitrogen and oxygen atoms in total. The number of hydrogen-bond acceptors (Lipinski definition) is 3. The number of aryl methyl sites for hydroxylation is 1. The van der Waals surface area contributed by atoms with E-state index < -0.39 is 11.6 Å². The van der Waals surface area contributed by atoms with E-state index in [-0.39, 0.29) is 17.7 Å². The molecule has 1 atom stereocenters. The summed E-state index contributed by atoms with van der Waals surface area (Å²) in [5.41, 5.74) is 6.55. The average Bonchev–Trinajstić information content (AvgIpc) is 2.44. The Morgan fingerprint density at radius 1 is 1.20 bits per heavy atom. The molecule has 3 N–H and O–H groups in total. The summed E-state index contributed by atoms with van der Waals surface area (Å²) in [4.78, 5) is 3.68. The molecule has 0 aliphatic rings. The summed E-state index contributed by atoms with van der Waals surface area (Å²) >= 11 is 0. The second-order valence-corrected chi connectivity index (χ2v) is 4.76. The number of nitrogen functional groups attached to an aromatic ring is 1. The summed E-state index contributed by atoms with van der Waals surface area (Å²) in [6.07, 6.45) is 1.68. The number of anilines is 2. The van der Waals surface area contributed by atoms with Gasteiger partial charge in [0.25, 0.3) is 0 Å². The fourth-order valence-corrected chi connectivity index (χ4v) is 1.92. The van der Waals surface area contributed by atoms with Gasteiger partial charge in [-0.3, -0.25) is 0 Å². The van der Waals surface area contributed by atoms with Crippen molar-refractivity contribution in [2.75, 3.05) is 11.1 Å². The van der Waals surface area contributed by atoms with Crippen molar-refractivity contribution in [2.24, 2.45) is 0 Å². The van der Waals surface area contributed by atoms with Gasteiger partial charge >= 0.3 is 0 Å². The van der Waals surface area contributed by atoms with Crippen LogP contribution in [0.3, 0.4) is 0 Å². The Balaban J connectivity index is 1.95. The topological polar surface area (TPSA) is 50.9 Å². The van der Waals surface area contributed by atoms with Crippen LogP contribution in [0.1, 0.15) is 18.9 Å². The first-order valence-electron chi connectivity index (χ1n) is 6.48. The lowest BCUT2D eigenvalue weighted by atomic mass is 10.1. The van der Waals surface area contributed by atoms with Crippen molar-refractivity contribution in [3.8, 4) is 0 Å². The van der Waals surface area contributed by atoms with Crippen molar-refractivity contribution >= 4 is 11.6 Å². The summed E-state index contributed by atoms with van der Waals surface area (Å²) in [5, 5.41) is 2.92. The number of nitrogens with two attached hydrogens (primary N) is 1. The first-order chi connectivity index (χ1) is 9.56. The zero-order valence-corrected chi connectivity index (χ0v) is 11.2. The Bertz CT molecular complexity index is 573. The molecule has 0 aliphatic heterocycles. The Morgan fingerprint density at radius 2 is 1.90 bits per heavy atom. The molecule has 1 unspecified atom stereocenters. The quantitative estimate of drug-likeness (QED) is 0.881. The molecule has 20 heavy (non-hydrogen) atoms. The third kappa shape index (κ3) is 3.66. The van der Waals surface area contributed by atoms with Crippen LogP contribution in [0.25, 0.3) is 0 Å². The van der Waals surface area contributed by atoms with Gasteiger partial charge < -0.3 is 11.1 Å². The normalized spacial score (nSPS) is 12.2. The molecule has 0 saturated heterocycles. The molecule has 0 aliphatic carbocycles. The van der Waals surface area contributed by atoms with E-state index >= 15 is 0 Å². The minimum absolute atomic E-state index is 0.00191. The molecule has 0 saturated carbocycles. The molecule has 2 aromatic rings. The molecule has 1 aromatic carbocycles. The number of aromatic nitrogens is 1. The highest BCUT2D eigenvalue weighted by atomic mass is 19.1. The molecule has 0 spiro atoms. The fraction of sp³-hybridized carbons (Fsp3) is 0.267. The standard InChI is InChI=1S/C15H17F2N3/c1-10(7-8-11-5-3-2-4-6-11)19-15-13(17)9-12(16)14(18)20-15/h2-6,9-10H,7-8H2,1H3,(H3,18,19,20). The average molecular weight is 277 g/mol. The summed E-state index contributed by atoms with van der Waals surface area (Å²) in [5.74, 6) is -1.89. The molecular weight excluding hydrogens is 260 g/mol. The van der Waals surface area contributed by atoms with Gasteiger partial charge in [0.1, 0.15) is 0 Å². The summed E-state index contributed by atoms with van der Waals surface area (Å²) in [6.45, 7) is 1.92. The van der Waals surface area contributed by atoms with E-state index in [0.717, 1.165) is 18.9 Å². The predicted octanol–water partition coefficient (Wildman–Crippen LogP) is 3.38. The number of nitrogens with one attached hydrogen (secondary N) is 1. The van der Waals surface area contributed by atoms with Crippen LogP contribution in [0.15, 0.2) is 36.4 Å². The van der Waals surface area contributed by atoms with Gasteiger partial charge in [-0.1, -0.05) is 30.3 Å². The predicted molar refractivity (Wildman–Crippen MR) is 76.4 cm³/mol. The number of nitrogens with zero attached hydrogens (tertiary/aromatic N) is 1. The van der Waals surface area contributed by atoms with Gasteiger partial charge in [0.15, 0.2) is 23.3 Å². The Hall–Kier alpha value is -2.17. The lowest BCUT2D eigenvalue weighted by molar-refractivity contribution is 0.575. The van der Waals surface area contributed by atoms with Crippen LogP contribution < -0.4 is 11.1 Å². The summed E-state index contributed by atoms with van der Waals surface area (Å²) < 4.78 is 26.5. The van der Waals surface area contributed by atoms with Crippen molar-refractivity contribution in [1.29, 1.82) is 0 Å². The molecule has 0 bridgehead atoms. The molecule has 106 valence electrons. The van der Waals surface area contributed by atoms with Crippen molar-refractivity contribution < 1.29 is 8.78 Å². The number of rotatable bonds is 5. The lowest BCUT2D eigenvalue weighted by Gasteiger charge is -2.15. The maximum atomic E-state index is 13.5. The molecule has 5 heteroatoms. The van der Waals surface area contributed by atoms with E-state index in [9.17, 15) is 8.78 Å². The highest BCUT2D eigenvalue weighted by molar-refractivity contribution is 5.45. The van der Waals surface area contributed by atoms with Gasteiger partial charge in [-0.15, -0.1) is 0 Å². The Labute approximate surface area is 116 Å².